The van der Waals surface area contributed by atoms with E-state index >= 15 is 0 Å². The smallest absolute Gasteiger partial charge is 0.220 e. The Balaban J connectivity index is 1.47. The zero-order valence-electron chi connectivity index (χ0n) is 14.3. The maximum absolute atomic E-state index is 11.9. The quantitative estimate of drug-likeness (QED) is 0.712. The van der Waals surface area contributed by atoms with Gasteiger partial charge in [-0.15, -0.1) is 0 Å². The van der Waals surface area contributed by atoms with Gasteiger partial charge in [0.1, 0.15) is 0 Å². The van der Waals surface area contributed by atoms with Crippen LogP contribution in [0.5, 0.6) is 0 Å². The molecule has 0 atom stereocenters. The van der Waals surface area contributed by atoms with Crippen molar-refractivity contribution in [3.05, 3.63) is 35.9 Å². The minimum absolute atomic E-state index is 0.159. The molecule has 23 heavy (non-hydrogen) atoms. The van der Waals surface area contributed by atoms with Gasteiger partial charge in [0.05, 0.1) is 6.61 Å². The fourth-order valence-corrected chi connectivity index (χ4v) is 2.95. The van der Waals surface area contributed by atoms with Crippen LogP contribution in [-0.4, -0.2) is 43.6 Å². The fourth-order valence-electron chi connectivity index (χ4n) is 2.95. The molecule has 2 rings (SSSR count). The summed E-state index contributed by atoms with van der Waals surface area (Å²) in [6.45, 7) is 7.79. The summed E-state index contributed by atoms with van der Waals surface area (Å²) in [5.74, 6) is 0.808. The van der Waals surface area contributed by atoms with E-state index in [-0.39, 0.29) is 5.91 Å². The van der Waals surface area contributed by atoms with E-state index in [0.717, 1.165) is 19.5 Å². The average Bonchev–Trinajstić information content (AvgIpc) is 2.61. The van der Waals surface area contributed by atoms with E-state index < -0.39 is 0 Å². The number of nitrogens with zero attached hydrogens (tertiary/aromatic N) is 1. The van der Waals surface area contributed by atoms with E-state index in [1.165, 1.54) is 31.5 Å². The highest BCUT2D eigenvalue weighted by Gasteiger charge is 2.18. The van der Waals surface area contributed by atoms with Crippen LogP contribution in [0.2, 0.25) is 0 Å². The maximum Gasteiger partial charge on any atom is 0.220 e. The van der Waals surface area contributed by atoms with Gasteiger partial charge in [0.2, 0.25) is 5.91 Å². The summed E-state index contributed by atoms with van der Waals surface area (Å²) in [6, 6.07) is 10.1. The van der Waals surface area contributed by atoms with Crippen molar-refractivity contribution in [2.24, 2.45) is 5.92 Å². The van der Waals surface area contributed by atoms with E-state index in [9.17, 15) is 4.79 Å². The molecule has 1 aliphatic rings. The van der Waals surface area contributed by atoms with Gasteiger partial charge in [-0.2, -0.15) is 0 Å². The number of carbonyl (C=O) groups excluding carboxylic acids is 1. The molecule has 1 amide bonds. The number of carbonyl (C=O) groups is 1. The monoisotopic (exact) mass is 318 g/mol. The van der Waals surface area contributed by atoms with Crippen LogP contribution in [0, 0.1) is 5.92 Å². The number of hydrogen-bond donors (Lipinski definition) is 1. The molecule has 1 aromatic carbocycles. The first-order valence-corrected chi connectivity index (χ1v) is 8.88. The number of benzene rings is 1. The lowest BCUT2D eigenvalue weighted by molar-refractivity contribution is -0.121. The van der Waals surface area contributed by atoms with Crippen molar-refractivity contribution in [2.45, 2.75) is 39.2 Å². The van der Waals surface area contributed by atoms with E-state index in [1.807, 2.05) is 18.2 Å². The third kappa shape index (κ3) is 7.14. The van der Waals surface area contributed by atoms with Gasteiger partial charge in [0, 0.05) is 19.6 Å². The zero-order chi connectivity index (χ0) is 16.3. The molecule has 0 saturated carbocycles. The summed E-state index contributed by atoms with van der Waals surface area (Å²) in [4.78, 5) is 14.3. The van der Waals surface area contributed by atoms with Gasteiger partial charge in [-0.05, 0) is 50.4 Å². The van der Waals surface area contributed by atoms with Crippen molar-refractivity contribution < 1.29 is 9.53 Å². The lowest BCUT2D eigenvalue weighted by Gasteiger charge is -2.31. The Morgan fingerprint density at radius 1 is 1.26 bits per heavy atom. The van der Waals surface area contributed by atoms with Gasteiger partial charge < -0.3 is 15.0 Å². The molecule has 128 valence electrons. The first-order valence-electron chi connectivity index (χ1n) is 8.88. The van der Waals surface area contributed by atoms with Crippen LogP contribution in [0.1, 0.15) is 38.2 Å². The van der Waals surface area contributed by atoms with Crippen LogP contribution < -0.4 is 5.32 Å². The molecule has 1 saturated heterocycles. The number of hydrogen-bond acceptors (Lipinski definition) is 3. The summed E-state index contributed by atoms with van der Waals surface area (Å²) < 4.78 is 5.60. The van der Waals surface area contributed by atoms with Crippen molar-refractivity contribution in [2.75, 3.05) is 32.8 Å². The highest BCUT2D eigenvalue weighted by molar-refractivity contribution is 5.75. The number of amides is 1. The lowest BCUT2D eigenvalue weighted by Crippen LogP contribution is -2.38. The SMILES string of the molecule is CCN1CCC(CNC(=O)CCCOCc2ccccc2)CC1. The predicted molar refractivity (Wildman–Crippen MR) is 93.2 cm³/mol. The molecule has 0 aliphatic carbocycles. The van der Waals surface area contributed by atoms with Crippen molar-refractivity contribution >= 4 is 5.91 Å². The molecule has 0 spiro atoms. The molecule has 0 unspecified atom stereocenters. The van der Waals surface area contributed by atoms with Gasteiger partial charge in [-0.3, -0.25) is 4.79 Å². The normalized spacial score (nSPS) is 16.4. The second kappa shape index (κ2) is 10.4. The summed E-state index contributed by atoms with van der Waals surface area (Å²) in [5.41, 5.74) is 1.18. The van der Waals surface area contributed by atoms with Crippen LogP contribution >= 0.6 is 0 Å². The van der Waals surface area contributed by atoms with Gasteiger partial charge in [0.25, 0.3) is 0 Å². The Labute approximate surface area is 140 Å². The van der Waals surface area contributed by atoms with Gasteiger partial charge in [0.15, 0.2) is 0 Å². The number of rotatable bonds is 9. The Hall–Kier alpha value is -1.39. The Morgan fingerprint density at radius 2 is 2.00 bits per heavy atom. The van der Waals surface area contributed by atoms with Gasteiger partial charge in [-0.25, -0.2) is 0 Å². The van der Waals surface area contributed by atoms with Crippen molar-refractivity contribution in [1.82, 2.24) is 10.2 Å². The number of piperidine rings is 1. The Bertz CT molecular complexity index is 442. The minimum atomic E-state index is 0.159. The van der Waals surface area contributed by atoms with Gasteiger partial charge in [-0.1, -0.05) is 37.3 Å². The van der Waals surface area contributed by atoms with E-state index in [2.05, 4.69) is 29.3 Å². The molecule has 4 heteroatoms. The summed E-state index contributed by atoms with van der Waals surface area (Å²) in [7, 11) is 0. The third-order valence-corrected chi connectivity index (χ3v) is 4.55. The predicted octanol–water partition coefficient (Wildman–Crippen LogP) is 2.83. The molecule has 0 aromatic heterocycles. The molecule has 1 heterocycles. The molecular weight excluding hydrogens is 288 g/mol. The highest BCUT2D eigenvalue weighted by Crippen LogP contribution is 2.15. The molecule has 0 radical (unpaired) electrons. The number of likely N-dealkylation sites (tertiary alicyclic amines) is 1. The highest BCUT2D eigenvalue weighted by atomic mass is 16.5. The molecule has 4 nitrogen and oxygen atoms in total. The number of nitrogens with one attached hydrogen (secondary N) is 1. The van der Waals surface area contributed by atoms with Crippen molar-refractivity contribution in [3.63, 3.8) is 0 Å². The van der Waals surface area contributed by atoms with E-state index in [0.29, 0.717) is 25.6 Å². The van der Waals surface area contributed by atoms with Crippen LogP contribution in [0.15, 0.2) is 30.3 Å². The largest absolute Gasteiger partial charge is 0.377 e. The first kappa shape index (κ1) is 18.0. The topological polar surface area (TPSA) is 41.6 Å². The maximum atomic E-state index is 11.9. The summed E-state index contributed by atoms with van der Waals surface area (Å²) in [5, 5.41) is 3.08. The standard InChI is InChI=1S/C19H30N2O2/c1-2-21-12-10-17(11-13-21)15-20-19(22)9-6-14-23-16-18-7-4-3-5-8-18/h3-5,7-8,17H,2,6,9-16H2,1H3,(H,20,22). The van der Waals surface area contributed by atoms with Crippen LogP contribution in [0.3, 0.4) is 0 Å². The number of ether oxygens (including phenoxy) is 1. The van der Waals surface area contributed by atoms with E-state index in [1.54, 1.807) is 0 Å². The third-order valence-electron chi connectivity index (χ3n) is 4.55. The Morgan fingerprint density at radius 3 is 2.70 bits per heavy atom. The minimum Gasteiger partial charge on any atom is -0.377 e. The summed E-state index contributed by atoms with van der Waals surface area (Å²) >= 11 is 0. The molecule has 0 bridgehead atoms. The molecular formula is C19H30N2O2. The molecule has 1 fully saturated rings. The fraction of sp³-hybridized carbons (Fsp3) is 0.632. The van der Waals surface area contributed by atoms with Crippen LogP contribution in [-0.2, 0) is 16.1 Å². The zero-order valence-corrected chi connectivity index (χ0v) is 14.3. The Kier molecular flexibility index (Phi) is 8.12. The molecule has 1 N–H and O–H groups in total. The second-order valence-electron chi connectivity index (χ2n) is 6.32. The van der Waals surface area contributed by atoms with E-state index in [4.69, 9.17) is 4.74 Å². The van der Waals surface area contributed by atoms with Gasteiger partial charge >= 0.3 is 0 Å². The first-order chi connectivity index (χ1) is 11.3. The summed E-state index contributed by atoms with van der Waals surface area (Å²) in [6.07, 6.45) is 3.75. The van der Waals surface area contributed by atoms with Crippen LogP contribution in [0.25, 0.3) is 0 Å². The molecule has 1 aliphatic heterocycles. The van der Waals surface area contributed by atoms with Crippen molar-refractivity contribution in [1.29, 1.82) is 0 Å². The lowest BCUT2D eigenvalue weighted by atomic mass is 9.97. The van der Waals surface area contributed by atoms with Crippen LogP contribution in [0.4, 0.5) is 0 Å². The second-order valence-corrected chi connectivity index (χ2v) is 6.32. The molecule has 1 aromatic rings. The average molecular weight is 318 g/mol. The van der Waals surface area contributed by atoms with Crippen molar-refractivity contribution in [3.8, 4) is 0 Å².